The molecule has 104 valence electrons. The van der Waals surface area contributed by atoms with E-state index in [0.29, 0.717) is 0 Å². The van der Waals surface area contributed by atoms with Crippen LogP contribution in [0.5, 0.6) is 0 Å². The summed E-state index contributed by atoms with van der Waals surface area (Å²) in [5.41, 5.74) is 10.2. The lowest BCUT2D eigenvalue weighted by Crippen LogP contribution is -2.17. The van der Waals surface area contributed by atoms with Gasteiger partial charge in [0.15, 0.2) is 0 Å². The van der Waals surface area contributed by atoms with Crippen LogP contribution in [0.15, 0.2) is 24.3 Å². The molecule has 4 nitrogen and oxygen atoms in total. The lowest BCUT2D eigenvalue weighted by molar-refractivity contribution is 0.624. The Morgan fingerprint density at radius 1 is 1.30 bits per heavy atom. The Hall–Kier alpha value is -2.10. The molecule has 0 unspecified atom stereocenters. The van der Waals surface area contributed by atoms with Crippen LogP contribution in [0.25, 0.3) is 0 Å². The van der Waals surface area contributed by atoms with Crippen LogP contribution in [0.4, 0.5) is 0 Å². The second-order valence-corrected chi connectivity index (χ2v) is 5.42. The molecule has 0 bridgehead atoms. The number of amidine groups is 1. The monoisotopic (exact) mass is 268 g/mol. The second kappa shape index (κ2) is 5.12. The smallest absolute Gasteiger partial charge is 0.123 e. The number of nitrogens with two attached hydrogens (primary N) is 1. The maximum Gasteiger partial charge on any atom is 0.123 e. The summed E-state index contributed by atoms with van der Waals surface area (Å²) in [5.74, 6) is 1.20. The first-order chi connectivity index (χ1) is 9.66. The molecule has 0 saturated carbocycles. The minimum atomic E-state index is 0.132. The summed E-state index contributed by atoms with van der Waals surface area (Å²) in [4.78, 5) is 4.70. The lowest BCUT2D eigenvalue weighted by atomic mass is 10.0. The number of nitrogens with one attached hydrogen (secondary N) is 1. The number of fused-ring (bicyclic) bond motifs is 1. The zero-order valence-electron chi connectivity index (χ0n) is 11.8. The summed E-state index contributed by atoms with van der Waals surface area (Å²) < 4.78 is 2.29. The van der Waals surface area contributed by atoms with Gasteiger partial charge in [-0.15, -0.1) is 0 Å². The number of imidazole rings is 1. The maximum atomic E-state index is 7.70. The summed E-state index contributed by atoms with van der Waals surface area (Å²) in [6.45, 7) is 2.82. The van der Waals surface area contributed by atoms with Gasteiger partial charge in [0, 0.05) is 17.8 Å². The minimum Gasteiger partial charge on any atom is -0.384 e. The van der Waals surface area contributed by atoms with Gasteiger partial charge in [0.2, 0.25) is 0 Å². The van der Waals surface area contributed by atoms with Gasteiger partial charge in [-0.25, -0.2) is 4.98 Å². The molecule has 0 spiro atoms. The molecule has 1 aromatic carbocycles. The Morgan fingerprint density at radius 3 is 2.85 bits per heavy atom. The number of benzene rings is 1. The third-order valence-electron chi connectivity index (χ3n) is 4.06. The van der Waals surface area contributed by atoms with Crippen LogP contribution in [-0.2, 0) is 19.4 Å². The average Bonchev–Trinajstić information content (AvgIpc) is 2.76. The van der Waals surface area contributed by atoms with Gasteiger partial charge in [-0.1, -0.05) is 24.3 Å². The topological polar surface area (TPSA) is 67.7 Å². The quantitative estimate of drug-likeness (QED) is 0.663. The van der Waals surface area contributed by atoms with Crippen LogP contribution in [0.1, 0.15) is 41.2 Å². The van der Waals surface area contributed by atoms with E-state index in [0.717, 1.165) is 36.3 Å². The number of hydrogen-bond donors (Lipinski definition) is 2. The highest BCUT2D eigenvalue weighted by molar-refractivity contribution is 5.96. The predicted molar refractivity (Wildman–Crippen MR) is 80.2 cm³/mol. The van der Waals surface area contributed by atoms with Crippen LogP contribution >= 0.6 is 0 Å². The third kappa shape index (κ3) is 2.22. The zero-order valence-corrected chi connectivity index (χ0v) is 11.8. The van der Waals surface area contributed by atoms with E-state index in [1.165, 1.54) is 24.2 Å². The zero-order chi connectivity index (χ0) is 14.1. The van der Waals surface area contributed by atoms with Crippen molar-refractivity contribution in [2.45, 2.75) is 39.2 Å². The van der Waals surface area contributed by atoms with Crippen molar-refractivity contribution in [1.29, 1.82) is 5.41 Å². The van der Waals surface area contributed by atoms with Crippen LogP contribution in [0, 0.1) is 12.3 Å². The van der Waals surface area contributed by atoms with Crippen LogP contribution in [0.3, 0.4) is 0 Å². The molecule has 0 aliphatic heterocycles. The first-order valence-corrected chi connectivity index (χ1v) is 7.14. The normalized spacial score (nSPS) is 14.1. The summed E-state index contributed by atoms with van der Waals surface area (Å²) in [7, 11) is 0. The van der Waals surface area contributed by atoms with Gasteiger partial charge in [-0.3, -0.25) is 5.41 Å². The lowest BCUT2D eigenvalue weighted by Gasteiger charge is -2.16. The van der Waals surface area contributed by atoms with Gasteiger partial charge in [-0.2, -0.15) is 0 Å². The first kappa shape index (κ1) is 12.9. The molecule has 1 heterocycles. The molecule has 0 radical (unpaired) electrons. The highest BCUT2D eigenvalue weighted by Crippen LogP contribution is 2.23. The fourth-order valence-electron chi connectivity index (χ4n) is 3.04. The largest absolute Gasteiger partial charge is 0.384 e. The van der Waals surface area contributed by atoms with Crippen molar-refractivity contribution in [2.75, 3.05) is 0 Å². The third-order valence-corrected chi connectivity index (χ3v) is 4.06. The van der Waals surface area contributed by atoms with E-state index >= 15 is 0 Å². The molecule has 2 aromatic rings. The van der Waals surface area contributed by atoms with E-state index in [9.17, 15) is 0 Å². The SMILES string of the molecule is Cc1nc2c(n1Cc1ccccc1C(=N)N)CCCC2. The van der Waals surface area contributed by atoms with Gasteiger partial charge in [-0.05, 0) is 38.2 Å². The molecular formula is C16H20N4. The van der Waals surface area contributed by atoms with Crippen molar-refractivity contribution < 1.29 is 0 Å². The summed E-state index contributed by atoms with van der Waals surface area (Å²) in [5, 5.41) is 7.70. The van der Waals surface area contributed by atoms with E-state index in [1.54, 1.807) is 0 Å². The Kier molecular flexibility index (Phi) is 3.30. The molecule has 0 atom stereocenters. The molecule has 20 heavy (non-hydrogen) atoms. The highest BCUT2D eigenvalue weighted by Gasteiger charge is 2.18. The molecule has 1 aliphatic rings. The second-order valence-electron chi connectivity index (χ2n) is 5.42. The van der Waals surface area contributed by atoms with Gasteiger partial charge in [0.1, 0.15) is 11.7 Å². The molecule has 0 amide bonds. The number of nitrogen functional groups attached to an aromatic ring is 1. The molecule has 4 heteroatoms. The van der Waals surface area contributed by atoms with E-state index < -0.39 is 0 Å². The fourth-order valence-corrected chi connectivity index (χ4v) is 3.04. The van der Waals surface area contributed by atoms with Crippen molar-refractivity contribution in [3.8, 4) is 0 Å². The average molecular weight is 268 g/mol. The van der Waals surface area contributed by atoms with Crippen LogP contribution in [-0.4, -0.2) is 15.4 Å². The number of nitrogens with zero attached hydrogens (tertiary/aromatic N) is 2. The number of aryl methyl sites for hydroxylation is 2. The Bertz CT molecular complexity index is 654. The Morgan fingerprint density at radius 2 is 2.05 bits per heavy atom. The fraction of sp³-hybridized carbons (Fsp3) is 0.375. The maximum absolute atomic E-state index is 7.70. The minimum absolute atomic E-state index is 0.132. The summed E-state index contributed by atoms with van der Waals surface area (Å²) in [6.07, 6.45) is 4.69. The molecule has 0 saturated heterocycles. The van der Waals surface area contributed by atoms with Gasteiger partial charge in [0.05, 0.1) is 5.69 Å². The molecular weight excluding hydrogens is 248 g/mol. The van der Waals surface area contributed by atoms with Crippen molar-refractivity contribution in [1.82, 2.24) is 9.55 Å². The van der Waals surface area contributed by atoms with Gasteiger partial charge in [0.25, 0.3) is 0 Å². The Balaban J connectivity index is 2.00. The van der Waals surface area contributed by atoms with Crippen molar-refractivity contribution in [2.24, 2.45) is 5.73 Å². The van der Waals surface area contributed by atoms with E-state index in [2.05, 4.69) is 11.5 Å². The number of aromatic nitrogens is 2. The molecule has 3 N–H and O–H groups in total. The standard InChI is InChI=1S/C16H20N4/c1-11-19-14-8-4-5-9-15(14)20(11)10-12-6-2-3-7-13(12)16(17)18/h2-3,6-7H,4-5,8-10H2,1H3,(H3,17,18). The van der Waals surface area contributed by atoms with Crippen molar-refractivity contribution in [3.05, 3.63) is 52.6 Å². The Labute approximate surface area is 119 Å². The first-order valence-electron chi connectivity index (χ1n) is 7.14. The van der Waals surface area contributed by atoms with Gasteiger partial charge >= 0.3 is 0 Å². The van der Waals surface area contributed by atoms with Crippen molar-refractivity contribution in [3.63, 3.8) is 0 Å². The summed E-state index contributed by atoms with van der Waals surface area (Å²) >= 11 is 0. The highest BCUT2D eigenvalue weighted by atomic mass is 15.1. The number of rotatable bonds is 3. The van der Waals surface area contributed by atoms with Gasteiger partial charge < -0.3 is 10.3 Å². The van der Waals surface area contributed by atoms with E-state index in [4.69, 9.17) is 16.1 Å². The molecule has 1 aromatic heterocycles. The predicted octanol–water partition coefficient (Wildman–Crippen LogP) is 2.40. The molecule has 3 rings (SSSR count). The van der Waals surface area contributed by atoms with Crippen LogP contribution < -0.4 is 5.73 Å². The van der Waals surface area contributed by atoms with E-state index in [-0.39, 0.29) is 5.84 Å². The van der Waals surface area contributed by atoms with Crippen molar-refractivity contribution >= 4 is 5.84 Å². The molecule has 0 fully saturated rings. The molecule has 1 aliphatic carbocycles. The number of hydrogen-bond acceptors (Lipinski definition) is 2. The summed E-state index contributed by atoms with van der Waals surface area (Å²) in [6, 6.07) is 7.89. The van der Waals surface area contributed by atoms with E-state index in [1.807, 2.05) is 24.3 Å². The van der Waals surface area contributed by atoms with Crippen LogP contribution in [0.2, 0.25) is 0 Å².